The van der Waals surface area contributed by atoms with E-state index in [4.69, 9.17) is 23.2 Å². The summed E-state index contributed by atoms with van der Waals surface area (Å²) in [5.41, 5.74) is 2.06. The lowest BCUT2D eigenvalue weighted by atomic mass is 10.2. The highest BCUT2D eigenvalue weighted by molar-refractivity contribution is 6.53. The zero-order valence-corrected chi connectivity index (χ0v) is 16.7. The molecular weight excluding hydrogens is 385 g/mol. The second kappa shape index (κ2) is 8.81. The normalized spacial score (nSPS) is 13.6. The van der Waals surface area contributed by atoms with Crippen LogP contribution in [0, 0.1) is 0 Å². The quantitative estimate of drug-likeness (QED) is 0.629. The minimum atomic E-state index is -1.14. The fourth-order valence-corrected chi connectivity index (χ4v) is 3.29. The van der Waals surface area contributed by atoms with Gasteiger partial charge in [-0.05, 0) is 30.5 Å². The van der Waals surface area contributed by atoms with Gasteiger partial charge in [-0.2, -0.15) is 0 Å². The van der Waals surface area contributed by atoms with E-state index in [1.165, 1.54) is 4.90 Å². The summed E-state index contributed by atoms with van der Waals surface area (Å²) in [4.78, 5) is 27.5. The van der Waals surface area contributed by atoms with Crippen LogP contribution < -0.4 is 0 Å². The molecule has 1 aliphatic carbocycles. The topological polar surface area (TPSA) is 45.6 Å². The van der Waals surface area contributed by atoms with E-state index in [9.17, 15) is 9.59 Å². The Morgan fingerprint density at radius 3 is 2.37 bits per heavy atom. The third kappa shape index (κ3) is 5.27. The SMILES string of the molecule is Cn1cccc1CN(Cc1ccccc1)C(=O)CN(C(=O)C(Cl)Cl)C1CC1. The highest BCUT2D eigenvalue weighted by Gasteiger charge is 2.36. The predicted octanol–water partition coefficient (Wildman–Crippen LogP) is 3.35. The Kier molecular flexibility index (Phi) is 6.45. The van der Waals surface area contributed by atoms with Crippen molar-refractivity contribution >= 4 is 35.0 Å². The first-order valence-corrected chi connectivity index (χ1v) is 9.83. The molecule has 3 rings (SSSR count). The molecule has 0 bridgehead atoms. The summed E-state index contributed by atoms with van der Waals surface area (Å²) < 4.78 is 1.99. The predicted molar refractivity (Wildman–Crippen MR) is 106 cm³/mol. The molecule has 1 aliphatic rings. The largest absolute Gasteiger partial charge is 0.353 e. The molecule has 2 aromatic rings. The third-order valence-corrected chi connectivity index (χ3v) is 5.11. The standard InChI is InChI=1S/C20H23Cl2N3O2/c1-23-11-5-8-17(23)13-24(12-15-6-3-2-4-7-15)18(26)14-25(16-9-10-16)20(27)19(21)22/h2-8,11,16,19H,9-10,12-14H2,1H3. The average molecular weight is 408 g/mol. The smallest absolute Gasteiger partial charge is 0.256 e. The van der Waals surface area contributed by atoms with Crippen molar-refractivity contribution in [2.24, 2.45) is 7.05 Å². The Balaban J connectivity index is 1.77. The molecule has 0 N–H and O–H groups in total. The van der Waals surface area contributed by atoms with Crippen molar-refractivity contribution in [1.82, 2.24) is 14.4 Å². The Labute approximate surface area is 169 Å². The minimum absolute atomic E-state index is 0.00328. The Morgan fingerprint density at radius 1 is 1.11 bits per heavy atom. The van der Waals surface area contributed by atoms with Crippen molar-refractivity contribution in [1.29, 1.82) is 0 Å². The van der Waals surface area contributed by atoms with Crippen LogP contribution in [0.1, 0.15) is 24.1 Å². The van der Waals surface area contributed by atoms with Crippen LogP contribution >= 0.6 is 23.2 Å². The first-order valence-electron chi connectivity index (χ1n) is 8.96. The van der Waals surface area contributed by atoms with Crippen LogP contribution in [0.4, 0.5) is 0 Å². The van der Waals surface area contributed by atoms with Crippen LogP contribution in [0.5, 0.6) is 0 Å². The summed E-state index contributed by atoms with van der Waals surface area (Å²) in [7, 11) is 1.95. The van der Waals surface area contributed by atoms with Gasteiger partial charge in [0.1, 0.15) is 6.54 Å². The van der Waals surface area contributed by atoms with E-state index < -0.39 is 10.7 Å². The van der Waals surface area contributed by atoms with Crippen LogP contribution in [0.15, 0.2) is 48.7 Å². The van der Waals surface area contributed by atoms with Crippen LogP contribution in [0.25, 0.3) is 0 Å². The number of amides is 2. The Hall–Kier alpha value is -1.98. The van der Waals surface area contributed by atoms with E-state index >= 15 is 0 Å². The van der Waals surface area contributed by atoms with Gasteiger partial charge in [0, 0.05) is 31.5 Å². The molecule has 1 fully saturated rings. The summed E-state index contributed by atoms with van der Waals surface area (Å²) in [5.74, 6) is -0.512. The first-order chi connectivity index (χ1) is 13.0. The van der Waals surface area contributed by atoms with Gasteiger partial charge in [0.15, 0.2) is 4.84 Å². The molecular formula is C20H23Cl2N3O2. The summed E-state index contributed by atoms with van der Waals surface area (Å²) in [6.07, 6.45) is 3.72. The number of halogens is 2. The fourth-order valence-electron chi connectivity index (χ4n) is 3.04. The Morgan fingerprint density at radius 2 is 1.81 bits per heavy atom. The number of aryl methyl sites for hydroxylation is 1. The number of nitrogens with zero attached hydrogens (tertiary/aromatic N) is 3. The van der Waals surface area contributed by atoms with Crippen molar-refractivity contribution in [3.8, 4) is 0 Å². The summed E-state index contributed by atoms with van der Waals surface area (Å²) in [6.45, 7) is 0.939. The van der Waals surface area contributed by atoms with Crippen molar-refractivity contribution in [3.05, 3.63) is 59.9 Å². The maximum atomic E-state index is 13.1. The molecule has 1 aromatic heterocycles. The molecule has 27 heavy (non-hydrogen) atoms. The summed E-state index contributed by atoms with van der Waals surface area (Å²) in [5, 5.41) is 0. The maximum Gasteiger partial charge on any atom is 0.256 e. The monoisotopic (exact) mass is 407 g/mol. The first kappa shape index (κ1) is 19.8. The number of rotatable bonds is 8. The van der Waals surface area contributed by atoms with E-state index in [2.05, 4.69) is 0 Å². The van der Waals surface area contributed by atoms with Gasteiger partial charge in [-0.1, -0.05) is 53.5 Å². The van der Waals surface area contributed by atoms with Gasteiger partial charge in [0.25, 0.3) is 5.91 Å². The van der Waals surface area contributed by atoms with Crippen LogP contribution in [0.3, 0.4) is 0 Å². The van der Waals surface area contributed by atoms with Gasteiger partial charge in [0.05, 0.1) is 6.54 Å². The molecule has 0 aliphatic heterocycles. The lowest BCUT2D eigenvalue weighted by Crippen LogP contribution is -2.45. The highest BCUT2D eigenvalue weighted by atomic mass is 35.5. The van der Waals surface area contributed by atoms with E-state index in [1.54, 1.807) is 4.90 Å². The molecule has 0 spiro atoms. The van der Waals surface area contributed by atoms with Crippen LogP contribution in [-0.4, -0.2) is 43.6 Å². The average Bonchev–Trinajstić information content (AvgIpc) is 3.42. The maximum absolute atomic E-state index is 13.1. The molecule has 1 aromatic carbocycles. The number of hydrogen-bond acceptors (Lipinski definition) is 2. The van der Waals surface area contributed by atoms with Gasteiger partial charge in [-0.25, -0.2) is 0 Å². The van der Waals surface area contributed by atoms with E-state index in [-0.39, 0.29) is 18.5 Å². The minimum Gasteiger partial charge on any atom is -0.353 e. The van der Waals surface area contributed by atoms with Crippen molar-refractivity contribution < 1.29 is 9.59 Å². The van der Waals surface area contributed by atoms with Gasteiger partial charge >= 0.3 is 0 Å². The summed E-state index contributed by atoms with van der Waals surface area (Å²) >= 11 is 11.5. The zero-order chi connectivity index (χ0) is 19.4. The number of aromatic nitrogens is 1. The van der Waals surface area contributed by atoms with Crippen LogP contribution in [0.2, 0.25) is 0 Å². The van der Waals surface area contributed by atoms with E-state index in [0.717, 1.165) is 24.1 Å². The lowest BCUT2D eigenvalue weighted by molar-refractivity contribution is -0.141. The molecule has 144 valence electrons. The zero-order valence-electron chi connectivity index (χ0n) is 15.2. The Bertz CT molecular complexity index is 788. The molecule has 0 atom stereocenters. The van der Waals surface area contributed by atoms with E-state index in [0.29, 0.717) is 13.1 Å². The van der Waals surface area contributed by atoms with Crippen molar-refractivity contribution in [2.75, 3.05) is 6.54 Å². The lowest BCUT2D eigenvalue weighted by Gasteiger charge is -2.28. The van der Waals surface area contributed by atoms with Crippen LogP contribution in [-0.2, 0) is 29.7 Å². The third-order valence-electron chi connectivity index (χ3n) is 4.74. The van der Waals surface area contributed by atoms with Crippen molar-refractivity contribution in [3.63, 3.8) is 0 Å². The molecule has 1 saturated carbocycles. The highest BCUT2D eigenvalue weighted by Crippen LogP contribution is 2.28. The second-order valence-electron chi connectivity index (χ2n) is 6.84. The molecule has 7 heteroatoms. The molecule has 0 unspecified atom stereocenters. The number of carbonyl (C=O) groups excluding carboxylic acids is 2. The van der Waals surface area contributed by atoms with Gasteiger partial charge in [-0.3, -0.25) is 9.59 Å². The summed E-state index contributed by atoms with van der Waals surface area (Å²) in [6, 6.07) is 13.8. The van der Waals surface area contributed by atoms with E-state index in [1.807, 2.05) is 60.3 Å². The second-order valence-corrected chi connectivity index (χ2v) is 7.94. The molecule has 0 radical (unpaired) electrons. The molecule has 5 nitrogen and oxygen atoms in total. The number of benzene rings is 1. The van der Waals surface area contributed by atoms with Gasteiger partial charge in [-0.15, -0.1) is 0 Å². The molecule has 2 amide bonds. The molecule has 0 saturated heterocycles. The fraction of sp³-hybridized carbons (Fsp3) is 0.400. The van der Waals surface area contributed by atoms with Gasteiger partial charge in [0.2, 0.25) is 5.91 Å². The number of alkyl halides is 2. The van der Waals surface area contributed by atoms with Crippen molar-refractivity contribution in [2.45, 2.75) is 36.8 Å². The number of carbonyl (C=O) groups is 2. The van der Waals surface area contributed by atoms with Gasteiger partial charge < -0.3 is 14.4 Å². The molecule has 1 heterocycles. The number of hydrogen-bond donors (Lipinski definition) is 0.